The fourth-order valence-electron chi connectivity index (χ4n) is 3.75. The van der Waals surface area contributed by atoms with E-state index in [-0.39, 0.29) is 16.6 Å². The van der Waals surface area contributed by atoms with Gasteiger partial charge in [0.15, 0.2) is 9.84 Å². The van der Waals surface area contributed by atoms with Gasteiger partial charge in [0.25, 0.3) is 0 Å². The van der Waals surface area contributed by atoms with E-state index in [0.29, 0.717) is 36.9 Å². The van der Waals surface area contributed by atoms with Gasteiger partial charge in [0.2, 0.25) is 11.7 Å². The van der Waals surface area contributed by atoms with Gasteiger partial charge in [-0.05, 0) is 63.6 Å². The fraction of sp³-hybridized carbons (Fsp3) is 0.591. The molecule has 3 rings (SSSR count). The van der Waals surface area contributed by atoms with Gasteiger partial charge in [0.05, 0.1) is 0 Å². The van der Waals surface area contributed by atoms with Crippen LogP contribution < -0.4 is 0 Å². The first-order valence-electron chi connectivity index (χ1n) is 10.8. The highest BCUT2D eigenvalue weighted by Crippen LogP contribution is 2.29. The number of hydrogen-bond acceptors (Lipinski definition) is 9. The minimum Gasteiger partial charge on any atom is -0.427 e. The second kappa shape index (κ2) is 9.76. The van der Waals surface area contributed by atoms with E-state index in [2.05, 4.69) is 17.1 Å². The van der Waals surface area contributed by atoms with Crippen molar-refractivity contribution in [1.29, 1.82) is 0 Å². The van der Waals surface area contributed by atoms with Gasteiger partial charge in [-0.15, -0.1) is 5.06 Å². The van der Waals surface area contributed by atoms with Crippen molar-refractivity contribution in [2.24, 2.45) is 11.8 Å². The molecule has 9 nitrogen and oxygen atoms in total. The molecule has 0 aliphatic carbocycles. The van der Waals surface area contributed by atoms with E-state index in [9.17, 15) is 17.6 Å². The van der Waals surface area contributed by atoms with E-state index < -0.39 is 27.4 Å². The molecule has 2 heterocycles. The Balaban J connectivity index is 1.54. The number of carbonyl (C=O) groups is 1. The molecule has 1 aliphatic rings. The van der Waals surface area contributed by atoms with Crippen LogP contribution in [0.4, 0.5) is 9.18 Å². The molecule has 1 fully saturated rings. The number of hydroxylamine groups is 2. The van der Waals surface area contributed by atoms with E-state index in [1.165, 1.54) is 12.1 Å². The third-order valence-corrected chi connectivity index (χ3v) is 6.58. The topological polar surface area (TPSA) is 112 Å². The molecule has 0 radical (unpaired) electrons. The van der Waals surface area contributed by atoms with Crippen molar-refractivity contribution in [3.63, 3.8) is 0 Å². The molecule has 1 aromatic heterocycles. The van der Waals surface area contributed by atoms with Gasteiger partial charge < -0.3 is 14.1 Å². The fourth-order valence-corrected chi connectivity index (χ4v) is 4.48. The lowest BCUT2D eigenvalue weighted by Crippen LogP contribution is -2.39. The first-order chi connectivity index (χ1) is 15.3. The summed E-state index contributed by atoms with van der Waals surface area (Å²) in [5.41, 5.74) is -0.260. The molecule has 1 saturated heterocycles. The van der Waals surface area contributed by atoms with Crippen molar-refractivity contribution in [2.75, 3.05) is 19.3 Å². The number of ether oxygens (including phenoxy) is 1. The minimum absolute atomic E-state index is 0.205. The Hall–Kier alpha value is -2.53. The van der Waals surface area contributed by atoms with Crippen LogP contribution in [-0.4, -0.2) is 54.7 Å². The molecule has 182 valence electrons. The van der Waals surface area contributed by atoms with Crippen molar-refractivity contribution in [3.05, 3.63) is 29.9 Å². The standard InChI is InChI=1S/C22H30FN3O6S/c1-14(15-8-10-26(11-9-15)32-21(27)30-22(2,3)4)12-19-24-20(25-31-19)16-6-7-18(17(23)13-16)33(5,28)29/h6-7,13-15H,8-12H2,1-5H3. The van der Waals surface area contributed by atoms with Crippen molar-refractivity contribution >= 4 is 16.0 Å². The molecule has 33 heavy (non-hydrogen) atoms. The van der Waals surface area contributed by atoms with E-state index >= 15 is 0 Å². The number of nitrogens with zero attached hydrogens (tertiary/aromatic N) is 3. The summed E-state index contributed by atoms with van der Waals surface area (Å²) in [6.07, 6.45) is 2.47. The average molecular weight is 484 g/mol. The van der Waals surface area contributed by atoms with E-state index in [0.717, 1.165) is 25.2 Å². The number of halogens is 1. The molecule has 1 atom stereocenters. The smallest absolute Gasteiger partial charge is 0.427 e. The van der Waals surface area contributed by atoms with Crippen LogP contribution in [0, 0.1) is 17.7 Å². The SMILES string of the molecule is CC(Cc1nc(-c2ccc(S(C)(=O)=O)c(F)c2)no1)C1CCN(OC(=O)OC(C)(C)C)CC1. The zero-order valence-electron chi connectivity index (χ0n) is 19.5. The molecule has 1 unspecified atom stereocenters. The number of benzene rings is 1. The molecular weight excluding hydrogens is 453 g/mol. The lowest BCUT2D eigenvalue weighted by atomic mass is 9.84. The van der Waals surface area contributed by atoms with Crippen molar-refractivity contribution in [1.82, 2.24) is 15.2 Å². The number of carbonyl (C=O) groups excluding carboxylic acids is 1. The Kier molecular flexibility index (Phi) is 7.42. The summed E-state index contributed by atoms with van der Waals surface area (Å²) in [6.45, 7) is 8.66. The summed E-state index contributed by atoms with van der Waals surface area (Å²) in [4.78, 5) is 21.1. The maximum atomic E-state index is 14.2. The lowest BCUT2D eigenvalue weighted by Gasteiger charge is -2.33. The van der Waals surface area contributed by atoms with Crippen LogP contribution in [-0.2, 0) is 25.8 Å². The molecule has 0 amide bonds. The molecule has 0 N–H and O–H groups in total. The molecule has 1 aliphatic heterocycles. The van der Waals surface area contributed by atoms with Crippen LogP contribution in [0.25, 0.3) is 11.4 Å². The molecule has 0 saturated carbocycles. The highest BCUT2D eigenvalue weighted by Gasteiger charge is 2.28. The molecular formula is C22H30FN3O6S. The molecule has 2 aromatic rings. The molecule has 0 bridgehead atoms. The van der Waals surface area contributed by atoms with E-state index in [1.807, 2.05) is 0 Å². The van der Waals surface area contributed by atoms with Crippen LogP contribution in [0.5, 0.6) is 0 Å². The summed E-state index contributed by atoms with van der Waals surface area (Å²) in [6, 6.07) is 3.75. The van der Waals surface area contributed by atoms with Gasteiger partial charge in [0.1, 0.15) is 16.3 Å². The van der Waals surface area contributed by atoms with E-state index in [4.69, 9.17) is 14.1 Å². The van der Waals surface area contributed by atoms with Crippen LogP contribution in [0.2, 0.25) is 0 Å². The number of sulfone groups is 1. The summed E-state index contributed by atoms with van der Waals surface area (Å²) in [5, 5.41) is 5.53. The van der Waals surface area contributed by atoms with Crippen molar-refractivity contribution in [2.45, 2.75) is 57.5 Å². The zero-order chi connectivity index (χ0) is 24.4. The summed E-state index contributed by atoms with van der Waals surface area (Å²) >= 11 is 0. The molecule has 0 spiro atoms. The first-order valence-corrected chi connectivity index (χ1v) is 12.7. The summed E-state index contributed by atoms with van der Waals surface area (Å²) < 4.78 is 47.9. The van der Waals surface area contributed by atoms with Gasteiger partial charge in [0, 0.05) is 31.3 Å². The summed E-state index contributed by atoms with van der Waals surface area (Å²) in [7, 11) is -3.65. The molecule has 11 heteroatoms. The van der Waals surface area contributed by atoms with Gasteiger partial charge in [-0.3, -0.25) is 0 Å². The predicted octanol–water partition coefficient (Wildman–Crippen LogP) is 4.04. The second-order valence-electron chi connectivity index (χ2n) is 9.43. The Morgan fingerprint density at radius 1 is 1.30 bits per heavy atom. The first kappa shape index (κ1) is 25.1. The Morgan fingerprint density at radius 2 is 1.97 bits per heavy atom. The van der Waals surface area contributed by atoms with E-state index in [1.54, 1.807) is 25.8 Å². The van der Waals surface area contributed by atoms with Gasteiger partial charge >= 0.3 is 6.16 Å². The van der Waals surface area contributed by atoms with Crippen molar-refractivity contribution < 1.29 is 31.7 Å². The predicted molar refractivity (Wildman–Crippen MR) is 117 cm³/mol. The largest absolute Gasteiger partial charge is 0.528 e. The average Bonchev–Trinajstić information content (AvgIpc) is 3.14. The van der Waals surface area contributed by atoms with Gasteiger partial charge in [-0.2, -0.15) is 4.98 Å². The minimum atomic E-state index is -3.65. The second-order valence-corrected chi connectivity index (χ2v) is 11.4. The Labute approximate surface area is 193 Å². The zero-order valence-corrected chi connectivity index (χ0v) is 20.3. The van der Waals surface area contributed by atoms with Gasteiger partial charge in [-0.25, -0.2) is 17.6 Å². The summed E-state index contributed by atoms with van der Waals surface area (Å²) in [5.74, 6) is 0.404. The quantitative estimate of drug-likeness (QED) is 0.562. The highest BCUT2D eigenvalue weighted by molar-refractivity contribution is 7.90. The Bertz CT molecular complexity index is 1090. The van der Waals surface area contributed by atoms with Crippen LogP contribution in [0.1, 0.15) is 46.4 Å². The number of hydrogen-bond donors (Lipinski definition) is 0. The van der Waals surface area contributed by atoms with Gasteiger partial charge in [-0.1, -0.05) is 12.1 Å². The number of piperidine rings is 1. The highest BCUT2D eigenvalue weighted by atomic mass is 32.2. The monoisotopic (exact) mass is 483 g/mol. The number of aromatic nitrogens is 2. The third kappa shape index (κ3) is 6.97. The normalized spacial score (nSPS) is 17.0. The van der Waals surface area contributed by atoms with Crippen LogP contribution >= 0.6 is 0 Å². The Morgan fingerprint density at radius 3 is 2.55 bits per heavy atom. The maximum Gasteiger partial charge on any atom is 0.528 e. The third-order valence-electron chi connectivity index (χ3n) is 5.45. The van der Waals surface area contributed by atoms with Crippen LogP contribution in [0.3, 0.4) is 0 Å². The molecule has 1 aromatic carbocycles. The lowest BCUT2D eigenvalue weighted by molar-refractivity contribution is -0.157. The van der Waals surface area contributed by atoms with Crippen LogP contribution in [0.15, 0.2) is 27.6 Å². The van der Waals surface area contributed by atoms with Crippen molar-refractivity contribution in [3.8, 4) is 11.4 Å². The maximum absolute atomic E-state index is 14.2. The number of rotatable bonds is 6.